The van der Waals surface area contributed by atoms with Crippen LogP contribution in [0, 0.1) is 6.92 Å². The first-order valence-electron chi connectivity index (χ1n) is 9.76. The van der Waals surface area contributed by atoms with Gasteiger partial charge in [-0.15, -0.1) is 0 Å². The first-order chi connectivity index (χ1) is 14.6. The maximum absolute atomic E-state index is 5.89. The lowest BCUT2D eigenvalue weighted by atomic mass is 10.1. The second-order valence-electron chi connectivity index (χ2n) is 6.88. The van der Waals surface area contributed by atoms with E-state index < -0.39 is 0 Å². The minimum atomic E-state index is 0.431. The lowest BCUT2D eigenvalue weighted by molar-refractivity contribution is 0.0771. The van der Waals surface area contributed by atoms with E-state index in [1.54, 1.807) is 6.07 Å². The smallest absolute Gasteiger partial charge is 0.128 e. The van der Waals surface area contributed by atoms with E-state index in [1.807, 2.05) is 55.5 Å². The fourth-order valence-corrected chi connectivity index (χ4v) is 3.20. The highest BCUT2D eigenvalue weighted by atomic mass is 16.5. The molecule has 0 aliphatic carbocycles. The maximum atomic E-state index is 5.89. The Bertz CT molecular complexity index is 1180. The van der Waals surface area contributed by atoms with Crippen LogP contribution < -0.4 is 20.9 Å². The Hall–Kier alpha value is -3.58. The molecule has 0 amide bonds. The van der Waals surface area contributed by atoms with Gasteiger partial charge >= 0.3 is 0 Å². The first kappa shape index (κ1) is 19.7. The molecule has 0 unspecified atom stereocenters. The number of benzene rings is 2. The topological polar surface area (TPSA) is 106 Å². The predicted molar refractivity (Wildman–Crippen MR) is 119 cm³/mol. The van der Waals surface area contributed by atoms with E-state index in [1.165, 1.54) is 0 Å². The average molecular weight is 404 g/mol. The summed E-state index contributed by atoms with van der Waals surface area (Å²) in [7, 11) is 0. The highest BCUT2D eigenvalue weighted by Crippen LogP contribution is 2.27. The van der Waals surface area contributed by atoms with Crippen molar-refractivity contribution in [3.63, 3.8) is 0 Å². The molecule has 4 rings (SSSR count). The summed E-state index contributed by atoms with van der Waals surface area (Å²) in [5.74, 6) is 2.56. The number of hydrogen-bond acceptors (Lipinski definition) is 7. The van der Waals surface area contributed by atoms with E-state index in [9.17, 15) is 0 Å². The van der Waals surface area contributed by atoms with Crippen molar-refractivity contribution < 1.29 is 14.2 Å². The van der Waals surface area contributed by atoms with Crippen LogP contribution in [-0.4, -0.2) is 36.4 Å². The van der Waals surface area contributed by atoms with Crippen molar-refractivity contribution in [1.29, 1.82) is 0 Å². The Morgan fingerprint density at radius 1 is 0.733 bits per heavy atom. The molecule has 0 atom stereocenters. The summed E-state index contributed by atoms with van der Waals surface area (Å²) < 4.78 is 17.4. The van der Waals surface area contributed by atoms with Crippen molar-refractivity contribution in [3.8, 4) is 11.5 Å². The standard InChI is InChI=1S/C23H24N4O3/c1-15-14-17-19(27-23(15)25)5-3-7-21(17)30-13-11-28-10-12-29-20-6-2-4-18-16(20)8-9-22(24)26-18/h2-9,14H,10-13H2,1H3,(H2,24,26)(H2,25,27). The molecule has 0 spiro atoms. The van der Waals surface area contributed by atoms with Gasteiger partial charge in [0.25, 0.3) is 0 Å². The molecule has 2 aromatic carbocycles. The largest absolute Gasteiger partial charge is 0.490 e. The highest BCUT2D eigenvalue weighted by molar-refractivity contribution is 5.87. The van der Waals surface area contributed by atoms with Gasteiger partial charge in [0.05, 0.1) is 24.2 Å². The third kappa shape index (κ3) is 4.36. The number of ether oxygens (including phenoxy) is 3. The van der Waals surface area contributed by atoms with Gasteiger partial charge in [-0.3, -0.25) is 0 Å². The van der Waals surface area contributed by atoms with Gasteiger partial charge in [-0.2, -0.15) is 0 Å². The van der Waals surface area contributed by atoms with E-state index in [2.05, 4.69) is 9.97 Å². The van der Waals surface area contributed by atoms with Crippen LogP contribution >= 0.6 is 0 Å². The van der Waals surface area contributed by atoms with Gasteiger partial charge in [0.1, 0.15) is 36.3 Å². The molecule has 0 fully saturated rings. The number of pyridine rings is 2. The first-order valence-corrected chi connectivity index (χ1v) is 9.76. The van der Waals surface area contributed by atoms with Crippen LogP contribution in [0.15, 0.2) is 54.6 Å². The van der Waals surface area contributed by atoms with E-state index in [4.69, 9.17) is 25.7 Å². The molecule has 7 heteroatoms. The van der Waals surface area contributed by atoms with Crippen LogP contribution in [0.5, 0.6) is 11.5 Å². The van der Waals surface area contributed by atoms with Crippen molar-refractivity contribution in [2.75, 3.05) is 37.9 Å². The summed E-state index contributed by atoms with van der Waals surface area (Å²) in [6.45, 7) is 3.70. The number of aromatic nitrogens is 2. The van der Waals surface area contributed by atoms with Crippen molar-refractivity contribution in [2.24, 2.45) is 0 Å². The van der Waals surface area contributed by atoms with Crippen molar-refractivity contribution in [2.45, 2.75) is 6.92 Å². The zero-order chi connectivity index (χ0) is 20.9. The number of nitrogens with two attached hydrogens (primary N) is 2. The molecule has 154 valence electrons. The molecule has 2 heterocycles. The zero-order valence-corrected chi connectivity index (χ0v) is 16.8. The van der Waals surface area contributed by atoms with E-state index in [-0.39, 0.29) is 0 Å². The predicted octanol–water partition coefficient (Wildman–Crippen LogP) is 3.73. The summed E-state index contributed by atoms with van der Waals surface area (Å²) in [5, 5.41) is 1.87. The Kier molecular flexibility index (Phi) is 5.81. The van der Waals surface area contributed by atoms with Gasteiger partial charge in [0.2, 0.25) is 0 Å². The number of rotatable bonds is 8. The average Bonchev–Trinajstić information content (AvgIpc) is 2.74. The normalized spacial score (nSPS) is 11.1. The molecule has 7 nitrogen and oxygen atoms in total. The monoisotopic (exact) mass is 404 g/mol. The van der Waals surface area contributed by atoms with Gasteiger partial charge in [0.15, 0.2) is 0 Å². The number of fused-ring (bicyclic) bond motifs is 2. The molecule has 4 aromatic rings. The molecule has 0 saturated heterocycles. The minimum absolute atomic E-state index is 0.431. The Balaban J connectivity index is 1.25. The molecule has 0 bridgehead atoms. The summed E-state index contributed by atoms with van der Waals surface area (Å²) in [6, 6.07) is 17.1. The minimum Gasteiger partial charge on any atom is -0.490 e. The highest BCUT2D eigenvalue weighted by Gasteiger charge is 2.06. The quantitative estimate of drug-likeness (QED) is 0.431. The SMILES string of the molecule is Cc1cc2c(OCCOCCOc3cccc4nc(N)ccc34)cccc2nc1N. The number of nitrogen functional groups attached to an aromatic ring is 2. The van der Waals surface area contributed by atoms with Crippen LogP contribution in [0.4, 0.5) is 11.6 Å². The summed E-state index contributed by atoms with van der Waals surface area (Å²) >= 11 is 0. The van der Waals surface area contributed by atoms with Crippen molar-refractivity contribution >= 4 is 33.4 Å². The summed E-state index contributed by atoms with van der Waals surface area (Å²) in [4.78, 5) is 8.70. The number of anilines is 2. The molecule has 2 aromatic heterocycles. The maximum Gasteiger partial charge on any atom is 0.128 e. The van der Waals surface area contributed by atoms with Gasteiger partial charge in [0, 0.05) is 10.8 Å². The van der Waals surface area contributed by atoms with E-state index in [0.29, 0.717) is 38.1 Å². The third-order valence-corrected chi connectivity index (χ3v) is 4.73. The fraction of sp³-hybridized carbons (Fsp3) is 0.217. The second-order valence-corrected chi connectivity index (χ2v) is 6.88. The molecule has 0 radical (unpaired) electrons. The Labute approximate surface area is 174 Å². The van der Waals surface area contributed by atoms with Crippen molar-refractivity contribution in [1.82, 2.24) is 9.97 Å². The van der Waals surface area contributed by atoms with Gasteiger partial charge in [-0.1, -0.05) is 12.1 Å². The van der Waals surface area contributed by atoms with Crippen LogP contribution in [0.2, 0.25) is 0 Å². The van der Waals surface area contributed by atoms with Crippen molar-refractivity contribution in [3.05, 3.63) is 60.2 Å². The lowest BCUT2D eigenvalue weighted by Crippen LogP contribution is -2.12. The number of hydrogen-bond donors (Lipinski definition) is 2. The molecular formula is C23H24N4O3. The lowest BCUT2D eigenvalue weighted by Gasteiger charge is -2.12. The molecule has 0 saturated carbocycles. The van der Waals surface area contributed by atoms with Crippen LogP contribution in [0.1, 0.15) is 5.56 Å². The van der Waals surface area contributed by atoms with Gasteiger partial charge in [-0.05, 0) is 55.0 Å². The van der Waals surface area contributed by atoms with Gasteiger partial charge < -0.3 is 25.7 Å². The Morgan fingerprint density at radius 3 is 2.07 bits per heavy atom. The Morgan fingerprint density at radius 2 is 1.37 bits per heavy atom. The van der Waals surface area contributed by atoms with E-state index >= 15 is 0 Å². The summed E-state index contributed by atoms with van der Waals surface area (Å²) in [5.41, 5.74) is 14.2. The van der Waals surface area contributed by atoms with Crippen LogP contribution in [0.3, 0.4) is 0 Å². The molecule has 4 N–H and O–H groups in total. The van der Waals surface area contributed by atoms with Gasteiger partial charge in [-0.25, -0.2) is 9.97 Å². The van der Waals surface area contributed by atoms with E-state index in [0.717, 1.165) is 38.9 Å². The molecule has 0 aliphatic heterocycles. The number of nitrogens with zero attached hydrogens (tertiary/aromatic N) is 2. The fourth-order valence-electron chi connectivity index (χ4n) is 3.20. The summed E-state index contributed by atoms with van der Waals surface area (Å²) in [6.07, 6.45) is 0. The zero-order valence-electron chi connectivity index (χ0n) is 16.8. The number of aryl methyl sites for hydroxylation is 1. The van der Waals surface area contributed by atoms with Crippen LogP contribution in [-0.2, 0) is 4.74 Å². The molecule has 30 heavy (non-hydrogen) atoms. The molecule has 0 aliphatic rings. The van der Waals surface area contributed by atoms with Crippen LogP contribution in [0.25, 0.3) is 21.8 Å². The molecular weight excluding hydrogens is 380 g/mol. The third-order valence-electron chi connectivity index (χ3n) is 4.73. The second kappa shape index (κ2) is 8.84.